The van der Waals surface area contributed by atoms with Gasteiger partial charge < -0.3 is 10.6 Å². The van der Waals surface area contributed by atoms with Gasteiger partial charge in [-0.15, -0.1) is 0 Å². The summed E-state index contributed by atoms with van der Waals surface area (Å²) >= 11 is 0. The Labute approximate surface area is 130 Å². The average molecular weight is 295 g/mol. The zero-order valence-corrected chi connectivity index (χ0v) is 12.8. The molecule has 0 spiro atoms. The number of aromatic nitrogens is 1. The highest BCUT2D eigenvalue weighted by Gasteiger charge is 2.39. The first-order chi connectivity index (χ1) is 10.7. The summed E-state index contributed by atoms with van der Waals surface area (Å²) in [5.74, 6) is 0. The highest BCUT2D eigenvalue weighted by molar-refractivity contribution is 5.79. The topological polar surface area (TPSA) is 46.1 Å². The first kappa shape index (κ1) is 13.6. The molecule has 1 aromatic carbocycles. The third-order valence-electron chi connectivity index (χ3n) is 4.99. The van der Waals surface area contributed by atoms with Crippen LogP contribution in [0.3, 0.4) is 0 Å². The number of nitrogens with one attached hydrogen (secondary N) is 2. The molecule has 0 aliphatic carbocycles. The predicted octanol–water partition coefficient (Wildman–Crippen LogP) is 2.91. The Hall–Kier alpha value is -2.07. The molecule has 2 aliphatic heterocycles. The van der Waals surface area contributed by atoms with Crippen LogP contribution in [-0.4, -0.2) is 28.7 Å². The molecule has 0 radical (unpaired) electrons. The van der Waals surface area contributed by atoms with Crippen LogP contribution < -0.4 is 10.6 Å². The second-order valence-corrected chi connectivity index (χ2v) is 6.46. The van der Waals surface area contributed by atoms with E-state index in [9.17, 15) is 4.79 Å². The lowest BCUT2D eigenvalue weighted by Gasteiger charge is -2.21. The lowest BCUT2D eigenvalue weighted by atomic mass is 9.96. The van der Waals surface area contributed by atoms with Crippen LogP contribution in [-0.2, 0) is 0 Å². The van der Waals surface area contributed by atoms with Gasteiger partial charge in [0.2, 0.25) is 0 Å². The molecule has 22 heavy (non-hydrogen) atoms. The third kappa shape index (κ3) is 2.33. The van der Waals surface area contributed by atoms with Crippen molar-refractivity contribution in [3.63, 3.8) is 0 Å². The van der Waals surface area contributed by atoms with Crippen molar-refractivity contribution >= 4 is 6.03 Å². The molecule has 2 saturated heterocycles. The Bertz CT molecular complexity index is 706. The molecule has 4 nitrogen and oxygen atoms in total. The Morgan fingerprint density at radius 1 is 1.27 bits per heavy atom. The minimum Gasteiger partial charge on any atom is -0.333 e. The van der Waals surface area contributed by atoms with Crippen LogP contribution in [0.15, 0.2) is 42.7 Å². The molecular weight excluding hydrogens is 274 g/mol. The van der Waals surface area contributed by atoms with Gasteiger partial charge in [0.15, 0.2) is 0 Å². The van der Waals surface area contributed by atoms with Gasteiger partial charge in [0.05, 0.1) is 0 Å². The number of carbonyl (C=O) groups excluding carboxylic acids is 1. The largest absolute Gasteiger partial charge is 0.333 e. The Balaban J connectivity index is 1.49. The Kier molecular flexibility index (Phi) is 3.26. The summed E-state index contributed by atoms with van der Waals surface area (Å²) < 4.78 is 1.66. The predicted molar refractivity (Wildman–Crippen MR) is 86.9 cm³/mol. The van der Waals surface area contributed by atoms with Crippen LogP contribution in [0.5, 0.6) is 0 Å². The molecule has 2 aliphatic rings. The summed E-state index contributed by atoms with van der Waals surface area (Å²) in [5, 5.41) is 6.72. The minimum absolute atomic E-state index is 0.0285. The second kappa shape index (κ2) is 5.29. The molecule has 2 bridgehead atoms. The van der Waals surface area contributed by atoms with E-state index in [1.807, 2.05) is 30.6 Å². The number of aryl methyl sites for hydroxylation is 1. The maximum absolute atomic E-state index is 12.4. The van der Waals surface area contributed by atoms with Crippen molar-refractivity contribution in [3.8, 4) is 11.1 Å². The molecule has 4 rings (SSSR count). The fourth-order valence-corrected chi connectivity index (χ4v) is 3.80. The monoisotopic (exact) mass is 295 g/mol. The normalized spacial score (nSPS) is 26.3. The van der Waals surface area contributed by atoms with Crippen LogP contribution in [0.25, 0.3) is 11.1 Å². The molecule has 3 unspecified atom stereocenters. The van der Waals surface area contributed by atoms with Crippen molar-refractivity contribution in [2.24, 2.45) is 0 Å². The van der Waals surface area contributed by atoms with Gasteiger partial charge in [-0.25, -0.2) is 4.79 Å². The van der Waals surface area contributed by atoms with Crippen molar-refractivity contribution in [1.29, 1.82) is 0 Å². The highest BCUT2D eigenvalue weighted by Crippen LogP contribution is 2.28. The van der Waals surface area contributed by atoms with Crippen LogP contribution in [0.4, 0.5) is 4.79 Å². The maximum Gasteiger partial charge on any atom is 0.325 e. The molecule has 4 heteroatoms. The van der Waals surface area contributed by atoms with E-state index in [-0.39, 0.29) is 12.1 Å². The standard InChI is InChI=1S/C18H21N3O/c1-12-4-2-3-5-15(12)13-8-9-21(11-13)18(22)20-17-10-14-6-7-16(17)19-14/h2-5,8-9,11,14,16-17,19H,6-7,10H2,1H3,(H,20,22). The van der Waals surface area contributed by atoms with E-state index in [0.29, 0.717) is 12.1 Å². The smallest absolute Gasteiger partial charge is 0.325 e. The molecule has 3 heterocycles. The van der Waals surface area contributed by atoms with E-state index < -0.39 is 0 Å². The van der Waals surface area contributed by atoms with Crippen molar-refractivity contribution in [2.45, 2.75) is 44.3 Å². The number of rotatable bonds is 2. The van der Waals surface area contributed by atoms with Crippen LogP contribution >= 0.6 is 0 Å². The fraction of sp³-hybridized carbons (Fsp3) is 0.389. The zero-order valence-electron chi connectivity index (χ0n) is 12.8. The van der Waals surface area contributed by atoms with E-state index in [1.54, 1.807) is 4.57 Å². The lowest BCUT2D eigenvalue weighted by Crippen LogP contribution is -2.44. The number of hydrogen-bond donors (Lipinski definition) is 2. The van der Waals surface area contributed by atoms with Crippen molar-refractivity contribution in [1.82, 2.24) is 15.2 Å². The number of amides is 1. The summed E-state index contributed by atoms with van der Waals surface area (Å²) in [7, 11) is 0. The van der Waals surface area contributed by atoms with Crippen molar-refractivity contribution in [3.05, 3.63) is 48.3 Å². The van der Waals surface area contributed by atoms with E-state index >= 15 is 0 Å². The van der Waals surface area contributed by atoms with Crippen molar-refractivity contribution < 1.29 is 4.79 Å². The van der Waals surface area contributed by atoms with E-state index in [2.05, 4.69) is 29.7 Å². The fourth-order valence-electron chi connectivity index (χ4n) is 3.80. The summed E-state index contributed by atoms with van der Waals surface area (Å²) in [6.45, 7) is 2.09. The van der Waals surface area contributed by atoms with E-state index in [1.165, 1.54) is 24.0 Å². The minimum atomic E-state index is -0.0285. The van der Waals surface area contributed by atoms with Gasteiger partial charge in [-0.2, -0.15) is 0 Å². The average Bonchev–Trinajstić information content (AvgIpc) is 3.24. The van der Waals surface area contributed by atoms with E-state index in [0.717, 1.165) is 12.0 Å². The first-order valence-electron chi connectivity index (χ1n) is 8.01. The number of fused-ring (bicyclic) bond motifs is 2. The molecule has 1 amide bonds. The van der Waals surface area contributed by atoms with Gasteiger partial charge in [-0.3, -0.25) is 4.57 Å². The number of carbonyl (C=O) groups is 1. The number of nitrogens with zero attached hydrogens (tertiary/aromatic N) is 1. The molecule has 3 atom stereocenters. The van der Waals surface area contributed by atoms with Gasteiger partial charge >= 0.3 is 6.03 Å². The zero-order chi connectivity index (χ0) is 15.1. The van der Waals surface area contributed by atoms with Gasteiger partial charge in [0.25, 0.3) is 0 Å². The quantitative estimate of drug-likeness (QED) is 0.895. The SMILES string of the molecule is Cc1ccccc1-c1ccn(C(=O)NC2CC3CCC2N3)c1. The molecule has 2 N–H and O–H groups in total. The highest BCUT2D eigenvalue weighted by atomic mass is 16.2. The van der Waals surface area contributed by atoms with Crippen molar-refractivity contribution in [2.75, 3.05) is 0 Å². The third-order valence-corrected chi connectivity index (χ3v) is 4.99. The summed E-state index contributed by atoms with van der Waals surface area (Å²) in [4.78, 5) is 12.4. The summed E-state index contributed by atoms with van der Waals surface area (Å²) in [6.07, 6.45) is 7.24. The van der Waals surface area contributed by atoms with Gasteiger partial charge in [-0.1, -0.05) is 24.3 Å². The lowest BCUT2D eigenvalue weighted by molar-refractivity contribution is 0.236. The molecule has 114 valence electrons. The molecule has 0 saturated carbocycles. The Morgan fingerprint density at radius 3 is 2.86 bits per heavy atom. The second-order valence-electron chi connectivity index (χ2n) is 6.46. The molecule has 2 fully saturated rings. The van der Waals surface area contributed by atoms with Gasteiger partial charge in [0, 0.05) is 36.1 Å². The number of hydrogen-bond acceptors (Lipinski definition) is 2. The molecule has 2 aromatic rings. The summed E-state index contributed by atoms with van der Waals surface area (Å²) in [6, 6.07) is 11.5. The first-order valence-corrected chi connectivity index (χ1v) is 8.01. The summed E-state index contributed by atoms with van der Waals surface area (Å²) in [5.41, 5.74) is 3.48. The van der Waals surface area contributed by atoms with Crippen LogP contribution in [0.1, 0.15) is 24.8 Å². The Morgan fingerprint density at radius 2 is 2.14 bits per heavy atom. The van der Waals surface area contributed by atoms with E-state index in [4.69, 9.17) is 0 Å². The maximum atomic E-state index is 12.4. The van der Waals surface area contributed by atoms with Gasteiger partial charge in [-0.05, 0) is 43.4 Å². The number of benzene rings is 1. The van der Waals surface area contributed by atoms with Crippen LogP contribution in [0.2, 0.25) is 0 Å². The molecular formula is C18H21N3O. The van der Waals surface area contributed by atoms with Gasteiger partial charge in [0.1, 0.15) is 0 Å². The van der Waals surface area contributed by atoms with Crippen LogP contribution in [0, 0.1) is 6.92 Å². The molecule has 1 aromatic heterocycles.